The fraction of sp³-hybridized carbons (Fsp3) is 0.227. The summed E-state index contributed by atoms with van der Waals surface area (Å²) in [5, 5.41) is 14.0. The third-order valence-electron chi connectivity index (χ3n) is 4.36. The molecule has 3 rings (SSSR count). The van der Waals surface area contributed by atoms with E-state index in [4.69, 9.17) is 4.74 Å². The highest BCUT2D eigenvalue weighted by molar-refractivity contribution is 6.15. The van der Waals surface area contributed by atoms with Gasteiger partial charge in [0, 0.05) is 5.69 Å². The number of rotatable bonds is 7. The quantitative estimate of drug-likeness (QED) is 0.478. The van der Waals surface area contributed by atoms with Crippen LogP contribution in [-0.4, -0.2) is 38.7 Å². The molecule has 0 bridgehead atoms. The highest BCUT2D eigenvalue weighted by atomic mass is 16.5. The summed E-state index contributed by atoms with van der Waals surface area (Å²) < 4.78 is 6.53. The van der Waals surface area contributed by atoms with E-state index in [1.54, 1.807) is 13.0 Å². The van der Waals surface area contributed by atoms with Crippen LogP contribution in [-0.2, 0) is 14.3 Å². The van der Waals surface area contributed by atoms with Gasteiger partial charge in [-0.2, -0.15) is 4.68 Å². The number of carbonyl (C=O) groups excluding carboxylic acids is 2. The number of aromatic nitrogens is 4. The Labute approximate surface area is 174 Å². The van der Waals surface area contributed by atoms with Crippen molar-refractivity contribution >= 4 is 29.3 Å². The van der Waals surface area contributed by atoms with Crippen molar-refractivity contribution in [1.29, 1.82) is 0 Å². The predicted octanol–water partition coefficient (Wildman–Crippen LogP) is 3.28. The summed E-state index contributed by atoms with van der Waals surface area (Å²) in [7, 11) is 0. The van der Waals surface area contributed by atoms with Crippen LogP contribution in [0.4, 0.5) is 5.69 Å². The number of para-hydroxylation sites is 1. The molecule has 1 amide bonds. The van der Waals surface area contributed by atoms with Crippen LogP contribution < -0.4 is 5.32 Å². The zero-order chi connectivity index (χ0) is 21.5. The molecule has 1 heterocycles. The first-order valence-electron chi connectivity index (χ1n) is 9.53. The summed E-state index contributed by atoms with van der Waals surface area (Å²) in [6, 6.07) is 16.8. The Morgan fingerprint density at radius 1 is 1.10 bits per heavy atom. The number of amides is 1. The van der Waals surface area contributed by atoms with Crippen LogP contribution in [0.3, 0.4) is 0 Å². The molecule has 2 aromatic carbocycles. The van der Waals surface area contributed by atoms with Gasteiger partial charge in [-0.1, -0.05) is 62.4 Å². The van der Waals surface area contributed by atoms with Gasteiger partial charge in [0.05, 0.1) is 0 Å². The van der Waals surface area contributed by atoms with Gasteiger partial charge < -0.3 is 10.1 Å². The van der Waals surface area contributed by atoms with Gasteiger partial charge in [-0.05, 0) is 46.5 Å². The smallest absolute Gasteiger partial charge is 0.357 e. The molecule has 8 nitrogen and oxygen atoms in total. The molecular formula is C22H23N5O3. The number of nitrogens with one attached hydrogen (secondary N) is 1. The Hall–Kier alpha value is -3.81. The van der Waals surface area contributed by atoms with Crippen LogP contribution in [0.2, 0.25) is 0 Å². The summed E-state index contributed by atoms with van der Waals surface area (Å²) >= 11 is 0. The number of tetrazole rings is 1. The van der Waals surface area contributed by atoms with Crippen molar-refractivity contribution in [2.24, 2.45) is 0 Å². The molecule has 0 aliphatic heterocycles. The Kier molecular flexibility index (Phi) is 6.69. The van der Waals surface area contributed by atoms with Crippen LogP contribution >= 0.6 is 0 Å². The Balaban J connectivity index is 1.73. The Morgan fingerprint density at radius 3 is 2.47 bits per heavy atom. The molecular weight excluding hydrogens is 382 g/mol. The average Bonchev–Trinajstić information content (AvgIpc) is 3.16. The molecule has 0 spiro atoms. The van der Waals surface area contributed by atoms with Crippen molar-refractivity contribution in [3.8, 4) is 0 Å². The molecule has 0 aliphatic carbocycles. The maximum atomic E-state index is 12.7. The largest absolute Gasteiger partial charge is 0.451 e. The molecule has 30 heavy (non-hydrogen) atoms. The summed E-state index contributed by atoms with van der Waals surface area (Å²) in [5.74, 6) is -0.470. The summed E-state index contributed by atoms with van der Waals surface area (Å²) in [5.41, 5.74) is 2.59. The SMILES string of the molecule is Cc1nnnn1/C(=C\c1ccccc1)C(=O)OCC(=O)Nc1ccccc1C(C)C. The standard InChI is InChI=1S/C22H23N5O3/c1-15(2)18-11-7-8-12-19(18)23-21(28)14-30-22(29)20(27-16(3)24-25-26-27)13-17-9-5-4-6-10-17/h4-13,15H,14H2,1-3H3,(H,23,28)/b20-13-. The third kappa shape index (κ3) is 5.16. The average molecular weight is 405 g/mol. The maximum Gasteiger partial charge on any atom is 0.357 e. The number of ether oxygens (including phenoxy) is 1. The highest BCUT2D eigenvalue weighted by Gasteiger charge is 2.19. The fourth-order valence-corrected chi connectivity index (χ4v) is 2.87. The number of benzene rings is 2. The Morgan fingerprint density at radius 2 is 1.80 bits per heavy atom. The van der Waals surface area contributed by atoms with E-state index in [0.29, 0.717) is 11.5 Å². The van der Waals surface area contributed by atoms with Crippen molar-refractivity contribution in [1.82, 2.24) is 20.2 Å². The lowest BCUT2D eigenvalue weighted by molar-refractivity contribution is -0.141. The van der Waals surface area contributed by atoms with Crippen LogP contribution in [0, 0.1) is 6.92 Å². The zero-order valence-electron chi connectivity index (χ0n) is 17.1. The molecule has 3 aromatic rings. The summed E-state index contributed by atoms with van der Waals surface area (Å²) in [6.45, 7) is 5.32. The van der Waals surface area contributed by atoms with Crippen LogP contribution in [0.15, 0.2) is 54.6 Å². The minimum atomic E-state index is -0.707. The molecule has 0 saturated heterocycles. The predicted molar refractivity (Wildman–Crippen MR) is 113 cm³/mol. The van der Waals surface area contributed by atoms with Gasteiger partial charge in [0.15, 0.2) is 18.1 Å². The van der Waals surface area contributed by atoms with E-state index in [9.17, 15) is 9.59 Å². The fourth-order valence-electron chi connectivity index (χ4n) is 2.87. The van der Waals surface area contributed by atoms with E-state index in [0.717, 1.165) is 11.1 Å². The van der Waals surface area contributed by atoms with Crippen molar-refractivity contribution < 1.29 is 14.3 Å². The van der Waals surface area contributed by atoms with E-state index in [1.807, 2.05) is 68.4 Å². The number of aryl methyl sites for hydroxylation is 1. The molecule has 1 aromatic heterocycles. The van der Waals surface area contributed by atoms with Gasteiger partial charge in [0.1, 0.15) is 0 Å². The van der Waals surface area contributed by atoms with Crippen molar-refractivity contribution in [2.75, 3.05) is 11.9 Å². The van der Waals surface area contributed by atoms with Gasteiger partial charge in [0.25, 0.3) is 5.91 Å². The topological polar surface area (TPSA) is 99.0 Å². The number of anilines is 1. The van der Waals surface area contributed by atoms with Gasteiger partial charge in [-0.15, -0.1) is 5.10 Å². The molecule has 0 saturated carbocycles. The van der Waals surface area contributed by atoms with Crippen LogP contribution in [0.25, 0.3) is 11.8 Å². The maximum absolute atomic E-state index is 12.7. The number of nitrogens with zero attached hydrogens (tertiary/aromatic N) is 4. The molecule has 0 aliphatic rings. The monoisotopic (exact) mass is 405 g/mol. The molecule has 1 N–H and O–H groups in total. The second kappa shape index (κ2) is 9.60. The number of carbonyl (C=O) groups is 2. The van der Waals surface area contributed by atoms with E-state index >= 15 is 0 Å². The lowest BCUT2D eigenvalue weighted by atomic mass is 10.0. The van der Waals surface area contributed by atoms with Gasteiger partial charge in [-0.25, -0.2) is 4.79 Å². The highest BCUT2D eigenvalue weighted by Crippen LogP contribution is 2.23. The van der Waals surface area contributed by atoms with Gasteiger partial charge in [0.2, 0.25) is 0 Å². The first kappa shape index (κ1) is 20.9. The normalized spacial score (nSPS) is 11.4. The van der Waals surface area contributed by atoms with E-state index in [-0.39, 0.29) is 11.6 Å². The molecule has 0 fully saturated rings. The Bertz CT molecular complexity index is 1060. The number of hydrogen-bond donors (Lipinski definition) is 1. The van der Waals surface area contributed by atoms with Crippen molar-refractivity contribution in [3.05, 3.63) is 71.5 Å². The van der Waals surface area contributed by atoms with Crippen molar-refractivity contribution in [2.45, 2.75) is 26.7 Å². The van der Waals surface area contributed by atoms with Gasteiger partial charge in [-0.3, -0.25) is 4.79 Å². The summed E-state index contributed by atoms with van der Waals surface area (Å²) in [6.07, 6.45) is 1.61. The molecule has 0 unspecified atom stereocenters. The second-order valence-corrected chi connectivity index (χ2v) is 6.94. The van der Waals surface area contributed by atoms with Crippen LogP contribution in [0.5, 0.6) is 0 Å². The number of hydrogen-bond acceptors (Lipinski definition) is 6. The lowest BCUT2D eigenvalue weighted by Crippen LogP contribution is -2.23. The molecule has 0 radical (unpaired) electrons. The zero-order valence-corrected chi connectivity index (χ0v) is 17.1. The third-order valence-corrected chi connectivity index (χ3v) is 4.36. The molecule has 8 heteroatoms. The molecule has 154 valence electrons. The van der Waals surface area contributed by atoms with E-state index < -0.39 is 18.5 Å². The molecule has 0 atom stereocenters. The van der Waals surface area contributed by atoms with Crippen molar-refractivity contribution in [3.63, 3.8) is 0 Å². The van der Waals surface area contributed by atoms with E-state index in [2.05, 4.69) is 20.8 Å². The van der Waals surface area contributed by atoms with Crippen LogP contribution in [0.1, 0.15) is 36.7 Å². The van der Waals surface area contributed by atoms with Gasteiger partial charge >= 0.3 is 5.97 Å². The summed E-state index contributed by atoms with van der Waals surface area (Å²) in [4.78, 5) is 25.1. The minimum Gasteiger partial charge on any atom is -0.451 e. The lowest BCUT2D eigenvalue weighted by Gasteiger charge is -2.14. The minimum absolute atomic E-state index is 0.110. The first-order valence-corrected chi connectivity index (χ1v) is 9.53. The second-order valence-electron chi connectivity index (χ2n) is 6.94. The number of esters is 1. The first-order chi connectivity index (χ1) is 14.5. The van der Waals surface area contributed by atoms with E-state index in [1.165, 1.54) is 4.68 Å².